The maximum Gasteiger partial charge on any atom is 0.407 e. The zero-order chi connectivity index (χ0) is 16.9. The molecule has 3 N–H and O–H groups in total. The van der Waals surface area contributed by atoms with Crippen LogP contribution < -0.4 is 11.1 Å². The van der Waals surface area contributed by atoms with E-state index in [2.05, 4.69) is 5.32 Å². The third-order valence-corrected chi connectivity index (χ3v) is 3.08. The van der Waals surface area contributed by atoms with Crippen molar-refractivity contribution in [2.24, 2.45) is 5.73 Å². The Morgan fingerprint density at radius 1 is 1.50 bits per heavy atom. The van der Waals surface area contributed by atoms with Gasteiger partial charge in [0.25, 0.3) is 5.69 Å². The molecule has 1 amide bonds. The number of amides is 1. The van der Waals surface area contributed by atoms with Gasteiger partial charge in [0, 0.05) is 29.7 Å². The van der Waals surface area contributed by atoms with Gasteiger partial charge in [-0.3, -0.25) is 10.1 Å². The molecule has 0 aliphatic heterocycles. The quantitative estimate of drug-likeness (QED) is 0.637. The number of halogens is 1. The number of alkyl carbamates (subject to hydrolysis) is 1. The lowest BCUT2D eigenvalue weighted by molar-refractivity contribution is -0.384. The Kier molecular flexibility index (Phi) is 6.13. The van der Waals surface area contributed by atoms with Crippen molar-refractivity contribution in [3.05, 3.63) is 38.9 Å². The molecule has 0 spiro atoms. The topological polar surface area (TPSA) is 107 Å². The second-order valence-electron chi connectivity index (χ2n) is 5.82. The molecule has 0 saturated carbocycles. The summed E-state index contributed by atoms with van der Waals surface area (Å²) in [7, 11) is 0. The van der Waals surface area contributed by atoms with E-state index in [0.29, 0.717) is 10.6 Å². The van der Waals surface area contributed by atoms with Crippen LogP contribution in [-0.2, 0) is 11.2 Å². The number of nitrogens with zero attached hydrogens (tertiary/aromatic N) is 1. The molecule has 1 aromatic rings. The number of benzene rings is 1. The molecule has 0 aliphatic rings. The van der Waals surface area contributed by atoms with Crippen LogP contribution in [0.3, 0.4) is 0 Å². The van der Waals surface area contributed by atoms with E-state index >= 15 is 0 Å². The first kappa shape index (κ1) is 18.2. The SMILES string of the molecule is CC(C)(C)OC(=O)NC(CN)Cc1cc([N+](=O)[O-])ccc1Cl. The standard InChI is InChI=1S/C14H20ClN3O4/c1-14(2,3)22-13(19)17-10(8-16)6-9-7-11(18(20)21)4-5-12(9)15/h4-5,7,10H,6,8,16H2,1-3H3,(H,17,19). The molecule has 8 heteroatoms. The Balaban J connectivity index is 2.80. The lowest BCUT2D eigenvalue weighted by Gasteiger charge is -2.23. The zero-order valence-corrected chi connectivity index (χ0v) is 13.5. The van der Waals surface area contributed by atoms with Crippen LogP contribution in [0.4, 0.5) is 10.5 Å². The Labute approximate surface area is 133 Å². The summed E-state index contributed by atoms with van der Waals surface area (Å²) in [6.45, 7) is 5.41. The number of ether oxygens (including phenoxy) is 1. The smallest absolute Gasteiger partial charge is 0.407 e. The van der Waals surface area contributed by atoms with Gasteiger partial charge in [-0.05, 0) is 38.8 Å². The van der Waals surface area contributed by atoms with E-state index in [9.17, 15) is 14.9 Å². The van der Waals surface area contributed by atoms with E-state index < -0.39 is 22.7 Å². The van der Waals surface area contributed by atoms with Crippen LogP contribution >= 0.6 is 11.6 Å². The summed E-state index contributed by atoms with van der Waals surface area (Å²) in [5.41, 5.74) is 5.50. The highest BCUT2D eigenvalue weighted by Gasteiger charge is 2.20. The molecule has 1 aromatic carbocycles. The first-order chi connectivity index (χ1) is 10.1. The molecular formula is C14H20ClN3O4. The van der Waals surface area contributed by atoms with Gasteiger partial charge in [-0.1, -0.05) is 11.6 Å². The number of hydrogen-bond donors (Lipinski definition) is 2. The van der Waals surface area contributed by atoms with Gasteiger partial charge < -0.3 is 15.8 Å². The van der Waals surface area contributed by atoms with Gasteiger partial charge in [0.15, 0.2) is 0 Å². The number of rotatable bonds is 5. The molecule has 22 heavy (non-hydrogen) atoms. The Morgan fingerprint density at radius 2 is 2.14 bits per heavy atom. The number of nitrogens with two attached hydrogens (primary N) is 1. The van der Waals surface area contributed by atoms with E-state index in [1.165, 1.54) is 18.2 Å². The van der Waals surface area contributed by atoms with Crippen molar-refractivity contribution >= 4 is 23.4 Å². The van der Waals surface area contributed by atoms with E-state index in [0.717, 1.165) is 0 Å². The number of nitrogens with one attached hydrogen (secondary N) is 1. The number of hydrogen-bond acceptors (Lipinski definition) is 5. The van der Waals surface area contributed by atoms with E-state index in [1.54, 1.807) is 20.8 Å². The summed E-state index contributed by atoms with van der Waals surface area (Å²) in [5, 5.41) is 13.8. The van der Waals surface area contributed by atoms with Crippen LogP contribution in [0, 0.1) is 10.1 Å². The van der Waals surface area contributed by atoms with Gasteiger partial charge in [0.05, 0.1) is 4.92 Å². The number of carbonyl (C=O) groups is 1. The summed E-state index contributed by atoms with van der Waals surface area (Å²) in [5.74, 6) is 0. The van der Waals surface area contributed by atoms with E-state index in [4.69, 9.17) is 22.1 Å². The predicted molar refractivity (Wildman–Crippen MR) is 84.0 cm³/mol. The van der Waals surface area contributed by atoms with E-state index in [-0.39, 0.29) is 18.7 Å². The van der Waals surface area contributed by atoms with E-state index in [1.807, 2.05) is 0 Å². The van der Waals surface area contributed by atoms with Gasteiger partial charge >= 0.3 is 6.09 Å². The molecule has 122 valence electrons. The maximum atomic E-state index is 11.7. The lowest BCUT2D eigenvalue weighted by atomic mass is 10.1. The second kappa shape index (κ2) is 7.42. The minimum Gasteiger partial charge on any atom is -0.444 e. The fraction of sp³-hybridized carbons (Fsp3) is 0.500. The lowest BCUT2D eigenvalue weighted by Crippen LogP contribution is -2.44. The highest BCUT2D eigenvalue weighted by atomic mass is 35.5. The third-order valence-electron chi connectivity index (χ3n) is 2.71. The molecular weight excluding hydrogens is 310 g/mol. The van der Waals surface area contributed by atoms with Crippen molar-refractivity contribution in [2.45, 2.75) is 38.8 Å². The minimum atomic E-state index is -0.619. The van der Waals surface area contributed by atoms with Gasteiger partial charge in [0.2, 0.25) is 0 Å². The molecule has 0 radical (unpaired) electrons. The Morgan fingerprint density at radius 3 is 2.64 bits per heavy atom. The number of nitro groups is 1. The van der Waals surface area contributed by atoms with Crippen molar-refractivity contribution in [2.75, 3.05) is 6.54 Å². The molecule has 1 unspecified atom stereocenters. The summed E-state index contributed by atoms with van der Waals surface area (Å²) in [6, 6.07) is 3.72. The van der Waals surface area contributed by atoms with Crippen LogP contribution in [-0.4, -0.2) is 29.2 Å². The Hall–Kier alpha value is -1.86. The van der Waals surface area contributed by atoms with Gasteiger partial charge in [-0.25, -0.2) is 4.79 Å². The molecule has 0 bridgehead atoms. The third kappa shape index (κ3) is 5.87. The van der Waals surface area contributed by atoms with Crippen molar-refractivity contribution in [3.63, 3.8) is 0 Å². The molecule has 7 nitrogen and oxygen atoms in total. The summed E-state index contributed by atoms with van der Waals surface area (Å²) in [4.78, 5) is 22.0. The van der Waals surface area contributed by atoms with Crippen molar-refractivity contribution < 1.29 is 14.5 Å². The number of non-ortho nitro benzene ring substituents is 1. The van der Waals surface area contributed by atoms with Gasteiger partial charge in [-0.2, -0.15) is 0 Å². The second-order valence-corrected chi connectivity index (χ2v) is 6.22. The molecule has 0 fully saturated rings. The molecule has 0 aliphatic carbocycles. The van der Waals surface area contributed by atoms with Crippen molar-refractivity contribution in [1.82, 2.24) is 5.32 Å². The number of carbonyl (C=O) groups excluding carboxylic acids is 1. The van der Waals surface area contributed by atoms with Crippen LogP contribution in [0.5, 0.6) is 0 Å². The van der Waals surface area contributed by atoms with Crippen LogP contribution in [0.25, 0.3) is 0 Å². The fourth-order valence-corrected chi connectivity index (χ4v) is 1.96. The monoisotopic (exact) mass is 329 g/mol. The van der Waals surface area contributed by atoms with Crippen LogP contribution in [0.1, 0.15) is 26.3 Å². The van der Waals surface area contributed by atoms with Crippen LogP contribution in [0.15, 0.2) is 18.2 Å². The zero-order valence-electron chi connectivity index (χ0n) is 12.8. The number of nitro benzene ring substituents is 1. The largest absolute Gasteiger partial charge is 0.444 e. The Bertz CT molecular complexity index is 558. The maximum absolute atomic E-state index is 11.7. The van der Waals surface area contributed by atoms with Crippen molar-refractivity contribution in [1.29, 1.82) is 0 Å². The summed E-state index contributed by atoms with van der Waals surface area (Å²) in [6.07, 6.45) is -0.319. The molecule has 1 rings (SSSR count). The predicted octanol–water partition coefficient (Wildman–Crippen LogP) is 2.64. The molecule has 1 atom stereocenters. The molecule has 0 heterocycles. The minimum absolute atomic E-state index is 0.0626. The van der Waals surface area contributed by atoms with Crippen LogP contribution in [0.2, 0.25) is 5.02 Å². The first-order valence-electron chi connectivity index (χ1n) is 6.75. The highest BCUT2D eigenvalue weighted by molar-refractivity contribution is 6.31. The summed E-state index contributed by atoms with van der Waals surface area (Å²) >= 11 is 6.04. The van der Waals surface area contributed by atoms with Gasteiger partial charge in [0.1, 0.15) is 5.60 Å². The average Bonchev–Trinajstić information content (AvgIpc) is 2.37. The molecule has 0 aromatic heterocycles. The summed E-state index contributed by atoms with van der Waals surface area (Å²) < 4.78 is 5.15. The molecule has 0 saturated heterocycles. The van der Waals surface area contributed by atoms with Gasteiger partial charge in [-0.15, -0.1) is 0 Å². The van der Waals surface area contributed by atoms with Crippen molar-refractivity contribution in [3.8, 4) is 0 Å². The normalized spacial score (nSPS) is 12.6. The average molecular weight is 330 g/mol. The highest BCUT2D eigenvalue weighted by Crippen LogP contribution is 2.23. The first-order valence-corrected chi connectivity index (χ1v) is 7.12. The fourth-order valence-electron chi connectivity index (χ4n) is 1.76.